The Labute approximate surface area is 113 Å². The van der Waals surface area contributed by atoms with Gasteiger partial charge in [-0.05, 0) is 44.9 Å². The molecule has 0 aromatic carbocycles. The highest BCUT2D eigenvalue weighted by Crippen LogP contribution is 2.41. The number of pyridine rings is 1. The van der Waals surface area contributed by atoms with Gasteiger partial charge in [0.2, 0.25) is 0 Å². The van der Waals surface area contributed by atoms with Crippen LogP contribution >= 0.6 is 0 Å². The second-order valence-corrected chi connectivity index (χ2v) is 6.26. The van der Waals surface area contributed by atoms with Crippen molar-refractivity contribution in [2.45, 2.75) is 43.3 Å². The molecule has 1 N–H and O–H groups in total. The summed E-state index contributed by atoms with van der Waals surface area (Å²) in [6.45, 7) is 0.936. The van der Waals surface area contributed by atoms with Gasteiger partial charge in [-0.3, -0.25) is 9.98 Å². The molecule has 0 saturated carbocycles. The van der Waals surface area contributed by atoms with Crippen LogP contribution in [0.15, 0.2) is 29.5 Å². The zero-order valence-electron chi connectivity index (χ0n) is 11.3. The summed E-state index contributed by atoms with van der Waals surface area (Å²) < 4.78 is 0. The molecule has 4 heteroatoms. The minimum Gasteiger partial charge on any atom is -0.362 e. The maximum Gasteiger partial charge on any atom is 0.128 e. The molecule has 1 aromatic heterocycles. The minimum absolute atomic E-state index is 0.219. The highest BCUT2D eigenvalue weighted by atomic mass is 15.2. The molecule has 4 nitrogen and oxygen atoms in total. The monoisotopic (exact) mass is 256 g/mol. The first kappa shape index (κ1) is 11.4. The Morgan fingerprint density at radius 3 is 2.58 bits per heavy atom. The number of aliphatic imine (C=N–C) groups is 1. The highest BCUT2D eigenvalue weighted by molar-refractivity contribution is 6.00. The van der Waals surface area contributed by atoms with E-state index in [1.165, 1.54) is 25.7 Å². The van der Waals surface area contributed by atoms with Gasteiger partial charge in [-0.2, -0.15) is 0 Å². The van der Waals surface area contributed by atoms with Crippen LogP contribution in [0.25, 0.3) is 0 Å². The van der Waals surface area contributed by atoms with Crippen LogP contribution in [0.4, 0.5) is 0 Å². The number of hydrogen-bond acceptors (Lipinski definition) is 4. The van der Waals surface area contributed by atoms with Crippen molar-refractivity contribution in [3.63, 3.8) is 0 Å². The molecule has 2 saturated heterocycles. The summed E-state index contributed by atoms with van der Waals surface area (Å²) in [5, 5.41) is 3.74. The molecule has 3 aliphatic rings. The molecule has 100 valence electrons. The Bertz CT molecular complexity index is 496. The standard InChI is InChI=1S/C15H20N4/c1-19-12-2-3-13(19)9-15(8-12)10-17-14(18-15)11-4-6-16-7-5-11/h4-7,12-13H,2-3,8-10H2,1H3,(H,17,18)/t12-,13+,15?. The van der Waals surface area contributed by atoms with Crippen molar-refractivity contribution >= 4 is 5.84 Å². The van der Waals surface area contributed by atoms with E-state index in [1.54, 1.807) is 0 Å². The van der Waals surface area contributed by atoms with E-state index in [0.717, 1.165) is 30.0 Å². The Hall–Kier alpha value is -1.42. The second-order valence-electron chi connectivity index (χ2n) is 6.26. The molecule has 4 heterocycles. The fourth-order valence-electron chi connectivity index (χ4n) is 4.03. The zero-order chi connectivity index (χ0) is 12.9. The molecule has 2 bridgehead atoms. The molecule has 0 amide bonds. The summed E-state index contributed by atoms with van der Waals surface area (Å²) in [4.78, 5) is 11.4. The smallest absolute Gasteiger partial charge is 0.128 e. The third kappa shape index (κ3) is 1.77. The Morgan fingerprint density at radius 2 is 1.89 bits per heavy atom. The SMILES string of the molecule is CN1[C@@H]2CC[C@H]1CC1(CN=C(c3ccncc3)N1)C2. The van der Waals surface area contributed by atoms with Gasteiger partial charge in [0.05, 0.1) is 12.1 Å². The maximum absolute atomic E-state index is 4.76. The summed E-state index contributed by atoms with van der Waals surface area (Å²) in [5.74, 6) is 1.06. The lowest BCUT2D eigenvalue weighted by molar-refractivity contribution is 0.111. The van der Waals surface area contributed by atoms with E-state index in [4.69, 9.17) is 4.99 Å². The molecule has 19 heavy (non-hydrogen) atoms. The van der Waals surface area contributed by atoms with Crippen molar-refractivity contribution in [3.8, 4) is 0 Å². The van der Waals surface area contributed by atoms with Crippen LogP contribution in [0, 0.1) is 0 Å². The number of amidine groups is 1. The summed E-state index contributed by atoms with van der Waals surface area (Å²) in [6, 6.07) is 5.57. The predicted octanol–water partition coefficient (Wildman–Crippen LogP) is 1.43. The summed E-state index contributed by atoms with van der Waals surface area (Å²) in [7, 11) is 2.29. The van der Waals surface area contributed by atoms with Crippen molar-refractivity contribution in [2.75, 3.05) is 13.6 Å². The Kier molecular flexibility index (Phi) is 2.42. The van der Waals surface area contributed by atoms with E-state index in [0.29, 0.717) is 0 Å². The van der Waals surface area contributed by atoms with E-state index in [1.807, 2.05) is 24.5 Å². The molecular weight excluding hydrogens is 236 g/mol. The van der Waals surface area contributed by atoms with Gasteiger partial charge < -0.3 is 10.2 Å². The van der Waals surface area contributed by atoms with Crippen molar-refractivity contribution in [2.24, 2.45) is 4.99 Å². The molecule has 2 fully saturated rings. The summed E-state index contributed by atoms with van der Waals surface area (Å²) in [6.07, 6.45) is 8.85. The number of aromatic nitrogens is 1. The van der Waals surface area contributed by atoms with E-state index < -0.39 is 0 Å². The van der Waals surface area contributed by atoms with Crippen LogP contribution in [0.1, 0.15) is 31.2 Å². The number of nitrogens with one attached hydrogen (secondary N) is 1. The van der Waals surface area contributed by atoms with Crippen molar-refractivity contribution in [1.29, 1.82) is 0 Å². The number of fused-ring (bicyclic) bond motifs is 2. The fourth-order valence-corrected chi connectivity index (χ4v) is 4.03. The largest absolute Gasteiger partial charge is 0.362 e. The maximum atomic E-state index is 4.76. The van der Waals surface area contributed by atoms with Crippen LogP contribution in [-0.4, -0.2) is 46.9 Å². The molecular formula is C15H20N4. The van der Waals surface area contributed by atoms with Gasteiger partial charge in [-0.25, -0.2) is 0 Å². The van der Waals surface area contributed by atoms with Gasteiger partial charge >= 0.3 is 0 Å². The van der Waals surface area contributed by atoms with Crippen LogP contribution in [0.3, 0.4) is 0 Å². The van der Waals surface area contributed by atoms with E-state index in [2.05, 4.69) is 22.2 Å². The normalized spacial score (nSPS) is 37.4. The van der Waals surface area contributed by atoms with Gasteiger partial charge in [0, 0.05) is 30.0 Å². The molecule has 0 aliphatic carbocycles. The quantitative estimate of drug-likeness (QED) is 0.826. The molecule has 3 aliphatic heterocycles. The van der Waals surface area contributed by atoms with E-state index in [-0.39, 0.29) is 5.54 Å². The predicted molar refractivity (Wildman–Crippen MR) is 75.3 cm³/mol. The van der Waals surface area contributed by atoms with Crippen molar-refractivity contribution in [3.05, 3.63) is 30.1 Å². The minimum atomic E-state index is 0.219. The zero-order valence-corrected chi connectivity index (χ0v) is 11.3. The second kappa shape index (κ2) is 4.04. The van der Waals surface area contributed by atoms with Gasteiger partial charge in [0.15, 0.2) is 0 Å². The van der Waals surface area contributed by atoms with Crippen LogP contribution in [0.5, 0.6) is 0 Å². The Morgan fingerprint density at radius 1 is 1.21 bits per heavy atom. The van der Waals surface area contributed by atoms with Crippen molar-refractivity contribution < 1.29 is 0 Å². The lowest BCUT2D eigenvalue weighted by atomic mass is 9.83. The lowest BCUT2D eigenvalue weighted by Crippen LogP contribution is -2.57. The topological polar surface area (TPSA) is 40.5 Å². The van der Waals surface area contributed by atoms with Crippen LogP contribution in [0.2, 0.25) is 0 Å². The van der Waals surface area contributed by atoms with E-state index >= 15 is 0 Å². The summed E-state index contributed by atoms with van der Waals surface area (Å²) >= 11 is 0. The van der Waals surface area contributed by atoms with Gasteiger partial charge in [0.25, 0.3) is 0 Å². The highest BCUT2D eigenvalue weighted by Gasteiger charge is 2.48. The molecule has 1 spiro atoms. The first-order valence-corrected chi connectivity index (χ1v) is 7.21. The van der Waals surface area contributed by atoms with Crippen LogP contribution < -0.4 is 5.32 Å². The van der Waals surface area contributed by atoms with Gasteiger partial charge in [-0.1, -0.05) is 0 Å². The lowest BCUT2D eigenvalue weighted by Gasteiger charge is -2.43. The van der Waals surface area contributed by atoms with Gasteiger partial charge in [0.1, 0.15) is 5.84 Å². The number of nitrogens with zero attached hydrogens (tertiary/aromatic N) is 3. The van der Waals surface area contributed by atoms with Gasteiger partial charge in [-0.15, -0.1) is 0 Å². The fraction of sp³-hybridized carbons (Fsp3) is 0.600. The molecule has 1 aromatic rings. The van der Waals surface area contributed by atoms with E-state index in [9.17, 15) is 0 Å². The average Bonchev–Trinajstić information content (AvgIpc) is 2.92. The molecule has 1 unspecified atom stereocenters. The Balaban J connectivity index is 1.55. The number of piperidine rings is 1. The molecule has 0 radical (unpaired) electrons. The summed E-state index contributed by atoms with van der Waals surface area (Å²) in [5.41, 5.74) is 1.38. The number of rotatable bonds is 1. The van der Waals surface area contributed by atoms with Crippen molar-refractivity contribution in [1.82, 2.24) is 15.2 Å². The van der Waals surface area contributed by atoms with Crippen LogP contribution in [-0.2, 0) is 0 Å². The third-order valence-electron chi connectivity index (χ3n) is 5.11. The average molecular weight is 256 g/mol. The first-order chi connectivity index (χ1) is 9.26. The molecule has 3 atom stereocenters. The first-order valence-electron chi connectivity index (χ1n) is 7.21. The third-order valence-corrected chi connectivity index (χ3v) is 5.11. The number of hydrogen-bond donors (Lipinski definition) is 1. The molecule has 4 rings (SSSR count).